The maximum atomic E-state index is 11.6. The van der Waals surface area contributed by atoms with E-state index in [2.05, 4.69) is 9.88 Å². The fourth-order valence-corrected chi connectivity index (χ4v) is 3.29. The van der Waals surface area contributed by atoms with Gasteiger partial charge in [-0.1, -0.05) is 0 Å². The van der Waals surface area contributed by atoms with E-state index in [1.165, 1.54) is 11.3 Å². The van der Waals surface area contributed by atoms with Crippen LogP contribution in [0.5, 0.6) is 0 Å². The summed E-state index contributed by atoms with van der Waals surface area (Å²) in [5, 5.41) is 2.67. The maximum Gasteiger partial charge on any atom is 0.357 e. The number of fused-ring (bicyclic) bond motifs is 2. The standard InChI is InChI=1S/C12H16N2O3S/c1-2-16-11(15)10-7-18-12(13-10)14-5-8-3-4-9(6-14)17-8/h7-9H,2-6H2,1H3. The Bertz CT molecular complexity index is 436. The molecule has 6 heteroatoms. The van der Waals surface area contributed by atoms with E-state index in [9.17, 15) is 4.79 Å². The van der Waals surface area contributed by atoms with Gasteiger partial charge in [0.15, 0.2) is 10.8 Å². The Labute approximate surface area is 110 Å². The number of ether oxygens (including phenoxy) is 2. The lowest BCUT2D eigenvalue weighted by atomic mass is 10.2. The van der Waals surface area contributed by atoms with Gasteiger partial charge in [0.25, 0.3) is 0 Å². The van der Waals surface area contributed by atoms with Crippen LogP contribution in [0, 0.1) is 0 Å². The molecule has 2 bridgehead atoms. The molecule has 2 atom stereocenters. The molecule has 2 fully saturated rings. The minimum absolute atomic E-state index is 0.332. The van der Waals surface area contributed by atoms with Gasteiger partial charge in [-0.15, -0.1) is 11.3 Å². The molecule has 2 aliphatic rings. The summed E-state index contributed by atoms with van der Waals surface area (Å²) in [7, 11) is 0. The van der Waals surface area contributed by atoms with Crippen molar-refractivity contribution >= 4 is 22.4 Å². The zero-order valence-corrected chi connectivity index (χ0v) is 11.1. The second kappa shape index (κ2) is 4.85. The van der Waals surface area contributed by atoms with Crippen molar-refractivity contribution in [3.8, 4) is 0 Å². The first kappa shape index (κ1) is 11.9. The smallest absolute Gasteiger partial charge is 0.357 e. The van der Waals surface area contributed by atoms with E-state index in [0.717, 1.165) is 31.1 Å². The highest BCUT2D eigenvalue weighted by Crippen LogP contribution is 2.31. The van der Waals surface area contributed by atoms with E-state index in [0.29, 0.717) is 24.5 Å². The zero-order valence-electron chi connectivity index (χ0n) is 10.3. The summed E-state index contributed by atoms with van der Waals surface area (Å²) in [5.41, 5.74) is 0.413. The third-order valence-electron chi connectivity index (χ3n) is 3.29. The van der Waals surface area contributed by atoms with E-state index < -0.39 is 0 Å². The summed E-state index contributed by atoms with van der Waals surface area (Å²) < 4.78 is 10.7. The van der Waals surface area contributed by atoms with Crippen molar-refractivity contribution < 1.29 is 14.3 Å². The fraction of sp³-hybridized carbons (Fsp3) is 0.667. The third kappa shape index (κ3) is 2.22. The van der Waals surface area contributed by atoms with Gasteiger partial charge in [0.1, 0.15) is 0 Å². The van der Waals surface area contributed by atoms with Crippen LogP contribution in [0.1, 0.15) is 30.3 Å². The van der Waals surface area contributed by atoms with Crippen molar-refractivity contribution in [3.05, 3.63) is 11.1 Å². The van der Waals surface area contributed by atoms with Gasteiger partial charge in [0, 0.05) is 18.5 Å². The van der Waals surface area contributed by atoms with Crippen molar-refractivity contribution in [2.24, 2.45) is 0 Å². The second-order valence-corrected chi connectivity index (χ2v) is 5.43. The Morgan fingerprint density at radius 3 is 2.94 bits per heavy atom. The molecule has 2 aliphatic heterocycles. The molecule has 0 spiro atoms. The molecule has 98 valence electrons. The lowest BCUT2D eigenvalue weighted by molar-refractivity contribution is 0.0305. The van der Waals surface area contributed by atoms with E-state index in [-0.39, 0.29) is 5.97 Å². The fourth-order valence-electron chi connectivity index (χ4n) is 2.48. The highest BCUT2D eigenvalue weighted by molar-refractivity contribution is 7.13. The number of rotatable bonds is 3. The Morgan fingerprint density at radius 1 is 1.56 bits per heavy atom. The number of hydrogen-bond acceptors (Lipinski definition) is 6. The summed E-state index contributed by atoms with van der Waals surface area (Å²) in [5.74, 6) is -0.337. The number of morpholine rings is 1. The van der Waals surface area contributed by atoms with Crippen LogP contribution in [0.25, 0.3) is 0 Å². The predicted octanol–water partition coefficient (Wildman–Crippen LogP) is 1.69. The van der Waals surface area contributed by atoms with Crippen LogP contribution < -0.4 is 4.90 Å². The second-order valence-electron chi connectivity index (χ2n) is 4.60. The largest absolute Gasteiger partial charge is 0.461 e. The molecule has 0 N–H and O–H groups in total. The van der Waals surface area contributed by atoms with Crippen LogP contribution in [0.4, 0.5) is 5.13 Å². The van der Waals surface area contributed by atoms with Crippen LogP contribution in [0.3, 0.4) is 0 Å². The van der Waals surface area contributed by atoms with Crippen molar-refractivity contribution in [2.75, 3.05) is 24.6 Å². The number of thiazole rings is 1. The van der Waals surface area contributed by atoms with Crippen LogP contribution in [-0.2, 0) is 9.47 Å². The lowest BCUT2D eigenvalue weighted by Crippen LogP contribution is -2.42. The molecule has 2 saturated heterocycles. The molecule has 2 unspecified atom stereocenters. The van der Waals surface area contributed by atoms with Gasteiger partial charge in [-0.2, -0.15) is 0 Å². The van der Waals surface area contributed by atoms with Gasteiger partial charge in [0.2, 0.25) is 0 Å². The molecular formula is C12H16N2O3S. The molecule has 5 nitrogen and oxygen atoms in total. The number of carbonyl (C=O) groups excluding carboxylic acids is 1. The lowest BCUT2D eigenvalue weighted by Gasteiger charge is -2.31. The SMILES string of the molecule is CCOC(=O)c1csc(N2CC3CCC(C2)O3)n1. The van der Waals surface area contributed by atoms with Crippen LogP contribution >= 0.6 is 11.3 Å². The quantitative estimate of drug-likeness (QED) is 0.781. The summed E-state index contributed by atoms with van der Waals surface area (Å²) in [6, 6.07) is 0. The van der Waals surface area contributed by atoms with Crippen LogP contribution in [-0.4, -0.2) is 42.9 Å². The van der Waals surface area contributed by atoms with Crippen molar-refractivity contribution in [1.82, 2.24) is 4.98 Å². The van der Waals surface area contributed by atoms with E-state index in [1.54, 1.807) is 12.3 Å². The number of esters is 1. The van der Waals surface area contributed by atoms with Crippen LogP contribution in [0.2, 0.25) is 0 Å². The van der Waals surface area contributed by atoms with Crippen molar-refractivity contribution in [1.29, 1.82) is 0 Å². The molecule has 0 saturated carbocycles. The number of carbonyl (C=O) groups is 1. The zero-order chi connectivity index (χ0) is 12.5. The number of aromatic nitrogens is 1. The van der Waals surface area contributed by atoms with E-state index in [4.69, 9.17) is 9.47 Å². The molecule has 1 aromatic rings. The first-order chi connectivity index (χ1) is 8.76. The van der Waals surface area contributed by atoms with Gasteiger partial charge in [-0.05, 0) is 19.8 Å². The van der Waals surface area contributed by atoms with Gasteiger partial charge < -0.3 is 14.4 Å². The number of anilines is 1. The predicted molar refractivity (Wildman–Crippen MR) is 68.2 cm³/mol. The van der Waals surface area contributed by atoms with Gasteiger partial charge in [0.05, 0.1) is 18.8 Å². The van der Waals surface area contributed by atoms with E-state index >= 15 is 0 Å². The molecule has 1 aromatic heterocycles. The van der Waals surface area contributed by atoms with Gasteiger partial charge >= 0.3 is 5.97 Å². The van der Waals surface area contributed by atoms with Crippen molar-refractivity contribution in [2.45, 2.75) is 32.0 Å². The Kier molecular flexibility index (Phi) is 3.22. The van der Waals surface area contributed by atoms with Crippen molar-refractivity contribution in [3.63, 3.8) is 0 Å². The summed E-state index contributed by atoms with van der Waals surface area (Å²) in [6.45, 7) is 3.94. The Hall–Kier alpha value is -1.14. The topological polar surface area (TPSA) is 51.7 Å². The Balaban J connectivity index is 1.71. The van der Waals surface area contributed by atoms with E-state index in [1.807, 2.05) is 0 Å². The molecular weight excluding hydrogens is 252 g/mol. The first-order valence-corrected chi connectivity index (χ1v) is 7.17. The number of hydrogen-bond donors (Lipinski definition) is 0. The summed E-state index contributed by atoms with van der Waals surface area (Å²) in [6.07, 6.45) is 2.94. The average Bonchev–Trinajstić information content (AvgIpc) is 2.97. The van der Waals surface area contributed by atoms with Gasteiger partial charge in [-0.3, -0.25) is 0 Å². The Morgan fingerprint density at radius 2 is 2.28 bits per heavy atom. The molecule has 0 radical (unpaired) electrons. The summed E-state index contributed by atoms with van der Waals surface area (Å²) in [4.78, 5) is 18.1. The molecule has 3 rings (SSSR count). The minimum Gasteiger partial charge on any atom is -0.461 e. The first-order valence-electron chi connectivity index (χ1n) is 6.29. The third-order valence-corrected chi connectivity index (χ3v) is 4.19. The average molecular weight is 268 g/mol. The molecule has 18 heavy (non-hydrogen) atoms. The maximum absolute atomic E-state index is 11.6. The normalized spacial score (nSPS) is 26.4. The molecule has 0 aromatic carbocycles. The highest BCUT2D eigenvalue weighted by Gasteiger charge is 2.34. The molecule has 3 heterocycles. The number of nitrogens with zero attached hydrogens (tertiary/aromatic N) is 2. The summed E-state index contributed by atoms with van der Waals surface area (Å²) >= 11 is 1.50. The van der Waals surface area contributed by atoms with Crippen LogP contribution in [0.15, 0.2) is 5.38 Å². The minimum atomic E-state index is -0.337. The molecule has 0 aliphatic carbocycles. The molecule has 0 amide bonds. The monoisotopic (exact) mass is 268 g/mol. The van der Waals surface area contributed by atoms with Gasteiger partial charge in [-0.25, -0.2) is 9.78 Å². The highest BCUT2D eigenvalue weighted by atomic mass is 32.1.